The number of hydrogen-bond acceptors (Lipinski definition) is 3. The van der Waals surface area contributed by atoms with Gasteiger partial charge in [-0.25, -0.2) is 9.79 Å². The predicted molar refractivity (Wildman–Crippen MR) is 104 cm³/mol. The predicted octanol–water partition coefficient (Wildman–Crippen LogP) is 1.14. The normalized spacial score (nSPS) is 16.0. The van der Waals surface area contributed by atoms with Gasteiger partial charge < -0.3 is 21.3 Å². The Labute approximate surface area is 156 Å². The minimum Gasteiger partial charge on any atom is -0.357 e. The molecular weight excluding hydrogens is 330 g/mol. The zero-order valence-electron chi connectivity index (χ0n) is 16.5. The first kappa shape index (κ1) is 20.1. The number of aryl methyl sites for hydroxylation is 2. The van der Waals surface area contributed by atoms with E-state index in [1.54, 1.807) is 4.90 Å². The third kappa shape index (κ3) is 4.89. The number of aliphatic imine (C=N–C) groups is 1. The number of carbonyl (C=O) groups excluding carboxylic acids is 1. The quantitative estimate of drug-likeness (QED) is 0.521. The number of hydrogen-bond donors (Lipinski definition) is 3. The van der Waals surface area contributed by atoms with Crippen molar-refractivity contribution in [3.63, 3.8) is 0 Å². The van der Waals surface area contributed by atoms with E-state index in [2.05, 4.69) is 36.5 Å². The van der Waals surface area contributed by atoms with Crippen LogP contribution in [0.2, 0.25) is 0 Å². The fraction of sp³-hybridized carbons (Fsp3) is 0.722. The molecule has 1 aromatic heterocycles. The molecule has 1 aliphatic heterocycles. The van der Waals surface area contributed by atoms with Crippen LogP contribution in [0.5, 0.6) is 0 Å². The van der Waals surface area contributed by atoms with E-state index in [0.717, 1.165) is 43.9 Å². The van der Waals surface area contributed by atoms with Crippen molar-refractivity contribution in [2.45, 2.75) is 59.0 Å². The highest BCUT2D eigenvalue weighted by molar-refractivity contribution is 5.80. The number of carbonyl (C=O) groups is 1. The number of primary amides is 1. The minimum atomic E-state index is -0.334. The van der Waals surface area contributed by atoms with Gasteiger partial charge in [-0.2, -0.15) is 5.10 Å². The topological polar surface area (TPSA) is 101 Å². The van der Waals surface area contributed by atoms with Crippen molar-refractivity contribution >= 4 is 12.0 Å². The number of nitrogens with one attached hydrogen (secondary N) is 2. The van der Waals surface area contributed by atoms with Crippen molar-refractivity contribution in [2.24, 2.45) is 17.8 Å². The van der Waals surface area contributed by atoms with Gasteiger partial charge in [0.1, 0.15) is 0 Å². The fourth-order valence-electron chi connectivity index (χ4n) is 3.49. The average Bonchev–Trinajstić information content (AvgIpc) is 2.95. The number of nitrogens with two attached hydrogens (primary N) is 1. The van der Waals surface area contributed by atoms with E-state index in [4.69, 9.17) is 10.7 Å². The molecule has 0 radical (unpaired) electrons. The van der Waals surface area contributed by atoms with Gasteiger partial charge in [-0.3, -0.25) is 4.68 Å². The first-order valence-electron chi connectivity index (χ1n) is 9.62. The third-order valence-corrected chi connectivity index (χ3v) is 4.91. The third-order valence-electron chi connectivity index (χ3n) is 4.91. The fourth-order valence-corrected chi connectivity index (χ4v) is 3.49. The molecule has 0 bridgehead atoms. The van der Waals surface area contributed by atoms with Gasteiger partial charge in [0.15, 0.2) is 5.96 Å². The average molecular weight is 364 g/mol. The first-order chi connectivity index (χ1) is 12.5. The molecule has 0 spiro atoms. The Bertz CT molecular complexity index is 630. The molecule has 0 aliphatic carbocycles. The molecule has 2 heterocycles. The van der Waals surface area contributed by atoms with Crippen molar-refractivity contribution < 1.29 is 4.79 Å². The summed E-state index contributed by atoms with van der Waals surface area (Å²) in [6, 6.07) is -0.0339. The molecule has 146 valence electrons. The standard InChI is InChI=1S/C18H33N7O/c1-5-15-14(16(6-2)24(4)23-15)12-21-18(20-7-3)22-13-8-10-25(11-9-13)17(19)26/h13H,5-12H2,1-4H3,(H2,19,26)(H2,20,21,22). The Morgan fingerprint density at radius 2 is 1.96 bits per heavy atom. The summed E-state index contributed by atoms with van der Waals surface area (Å²) in [5.41, 5.74) is 8.96. The molecule has 0 atom stereocenters. The lowest BCUT2D eigenvalue weighted by Gasteiger charge is -2.32. The van der Waals surface area contributed by atoms with Crippen molar-refractivity contribution in [2.75, 3.05) is 19.6 Å². The molecule has 4 N–H and O–H groups in total. The summed E-state index contributed by atoms with van der Waals surface area (Å²) in [4.78, 5) is 17.7. The monoisotopic (exact) mass is 363 g/mol. The summed E-state index contributed by atoms with van der Waals surface area (Å²) in [6.07, 6.45) is 3.61. The van der Waals surface area contributed by atoms with E-state index in [9.17, 15) is 4.79 Å². The molecule has 8 heteroatoms. The largest absolute Gasteiger partial charge is 0.357 e. The summed E-state index contributed by atoms with van der Waals surface area (Å²) in [5, 5.41) is 11.4. The van der Waals surface area contributed by atoms with Crippen LogP contribution in [0.1, 0.15) is 50.6 Å². The summed E-state index contributed by atoms with van der Waals surface area (Å²) in [6.45, 7) is 9.15. The molecule has 8 nitrogen and oxygen atoms in total. The van der Waals surface area contributed by atoms with Crippen molar-refractivity contribution in [3.05, 3.63) is 17.0 Å². The van der Waals surface area contributed by atoms with Crippen LogP contribution in [0.4, 0.5) is 4.79 Å². The molecule has 1 saturated heterocycles. The molecule has 0 aromatic carbocycles. The summed E-state index contributed by atoms with van der Waals surface area (Å²) in [5.74, 6) is 0.818. The van der Waals surface area contributed by atoms with Gasteiger partial charge in [-0.05, 0) is 32.6 Å². The number of likely N-dealkylation sites (tertiary alicyclic amines) is 1. The minimum absolute atomic E-state index is 0.300. The molecule has 2 rings (SSSR count). The Morgan fingerprint density at radius 3 is 2.50 bits per heavy atom. The second kappa shape index (κ2) is 9.45. The second-order valence-corrected chi connectivity index (χ2v) is 6.64. The van der Waals surface area contributed by atoms with Crippen LogP contribution in [0, 0.1) is 0 Å². The Kier molecular flexibility index (Phi) is 7.29. The van der Waals surface area contributed by atoms with Crippen molar-refractivity contribution in [3.8, 4) is 0 Å². The molecule has 2 amide bonds. The van der Waals surface area contributed by atoms with Crippen molar-refractivity contribution in [1.82, 2.24) is 25.3 Å². The van der Waals surface area contributed by atoms with Crippen LogP contribution in [0.15, 0.2) is 4.99 Å². The highest BCUT2D eigenvalue weighted by Gasteiger charge is 2.22. The summed E-state index contributed by atoms with van der Waals surface area (Å²) >= 11 is 0. The Morgan fingerprint density at radius 1 is 1.27 bits per heavy atom. The van der Waals surface area contributed by atoms with Gasteiger partial charge in [-0.15, -0.1) is 0 Å². The van der Waals surface area contributed by atoms with Crippen LogP contribution >= 0.6 is 0 Å². The van der Waals surface area contributed by atoms with Gasteiger partial charge in [0.25, 0.3) is 0 Å². The van der Waals surface area contributed by atoms with Crippen LogP contribution in [0.25, 0.3) is 0 Å². The van der Waals surface area contributed by atoms with Crippen LogP contribution in [-0.2, 0) is 26.4 Å². The Hall–Kier alpha value is -2.25. The van der Waals surface area contributed by atoms with Crippen LogP contribution in [-0.4, -0.2) is 52.3 Å². The van der Waals surface area contributed by atoms with Gasteiger partial charge in [0, 0.05) is 44.0 Å². The number of aromatic nitrogens is 2. The van der Waals surface area contributed by atoms with Crippen LogP contribution < -0.4 is 16.4 Å². The van der Waals surface area contributed by atoms with Gasteiger partial charge >= 0.3 is 6.03 Å². The van der Waals surface area contributed by atoms with Gasteiger partial charge in [0.2, 0.25) is 0 Å². The van der Waals surface area contributed by atoms with Crippen molar-refractivity contribution in [1.29, 1.82) is 0 Å². The van der Waals surface area contributed by atoms with E-state index in [-0.39, 0.29) is 6.03 Å². The SMILES string of the molecule is CCNC(=NCc1c(CC)nn(C)c1CC)NC1CCN(C(N)=O)CC1. The number of nitrogens with zero attached hydrogens (tertiary/aromatic N) is 4. The number of rotatable bonds is 6. The maximum Gasteiger partial charge on any atom is 0.314 e. The van der Waals surface area contributed by atoms with Gasteiger partial charge in [-0.1, -0.05) is 13.8 Å². The molecule has 0 unspecified atom stereocenters. The van der Waals surface area contributed by atoms with E-state index < -0.39 is 0 Å². The number of amides is 2. The highest BCUT2D eigenvalue weighted by atomic mass is 16.2. The smallest absolute Gasteiger partial charge is 0.314 e. The maximum absolute atomic E-state index is 11.3. The highest BCUT2D eigenvalue weighted by Crippen LogP contribution is 2.16. The number of piperidine rings is 1. The van der Waals surface area contributed by atoms with E-state index in [1.165, 1.54) is 11.3 Å². The lowest BCUT2D eigenvalue weighted by molar-refractivity contribution is 0.188. The number of urea groups is 1. The molecule has 1 fully saturated rings. The molecule has 26 heavy (non-hydrogen) atoms. The van der Waals surface area contributed by atoms with E-state index >= 15 is 0 Å². The summed E-state index contributed by atoms with van der Waals surface area (Å²) in [7, 11) is 2.00. The van der Waals surface area contributed by atoms with E-state index in [1.807, 2.05) is 11.7 Å². The first-order valence-corrected chi connectivity index (χ1v) is 9.62. The lowest BCUT2D eigenvalue weighted by atomic mass is 10.1. The summed E-state index contributed by atoms with van der Waals surface area (Å²) < 4.78 is 1.98. The lowest BCUT2D eigenvalue weighted by Crippen LogP contribution is -2.50. The molecular formula is C18H33N7O. The van der Waals surface area contributed by atoms with Crippen LogP contribution in [0.3, 0.4) is 0 Å². The molecule has 1 aliphatic rings. The Balaban J connectivity index is 2.05. The van der Waals surface area contributed by atoms with Gasteiger partial charge in [0.05, 0.1) is 12.2 Å². The maximum atomic E-state index is 11.3. The zero-order valence-corrected chi connectivity index (χ0v) is 16.5. The second-order valence-electron chi connectivity index (χ2n) is 6.64. The zero-order chi connectivity index (χ0) is 19.1. The molecule has 1 aromatic rings. The number of guanidine groups is 1. The van der Waals surface area contributed by atoms with E-state index in [0.29, 0.717) is 25.7 Å². The molecule has 0 saturated carbocycles.